The Balaban J connectivity index is -0.000000134. The van der Waals surface area contributed by atoms with E-state index in [1.54, 1.807) is 74.4 Å². The van der Waals surface area contributed by atoms with Gasteiger partial charge in [-0.3, -0.25) is 29.9 Å². The first-order valence-electron chi connectivity index (χ1n) is 51.8. The maximum Gasteiger partial charge on any atom is 3.00 e. The molecule has 792 valence electrons. The van der Waals surface area contributed by atoms with Gasteiger partial charge in [0, 0.05) is 55.8 Å². The van der Waals surface area contributed by atoms with Crippen molar-refractivity contribution in [3.05, 3.63) is 457 Å². The molecule has 18 rings (SSSR count). The minimum atomic E-state index is 0. The summed E-state index contributed by atoms with van der Waals surface area (Å²) in [5.41, 5.74) is 16.7. The van der Waals surface area contributed by atoms with Gasteiger partial charge in [0.2, 0.25) is 0 Å². The van der Waals surface area contributed by atoms with Crippen LogP contribution in [0.3, 0.4) is 0 Å². The molecule has 0 bridgehead atoms. The molecule has 0 saturated heterocycles. The van der Waals surface area contributed by atoms with Crippen LogP contribution >= 0.6 is 0 Å². The normalized spacial score (nSPS) is 7.84. The number of pyridine rings is 9. The first kappa shape index (κ1) is 159. The van der Waals surface area contributed by atoms with Crippen molar-refractivity contribution in [3.63, 3.8) is 0 Å². The molecule has 0 radical (unpaired) electrons. The summed E-state index contributed by atoms with van der Waals surface area (Å²) in [6.07, 6.45) is 25.6. The number of hydrogen-bond acceptors (Lipinski definition) is 15. The quantitative estimate of drug-likeness (QED) is 0.124. The SMILES string of the molecule is CC.CC.CC.CC.CC.CC.CC.CC.CC.CC.CC.CC.CC.CC.CC.CC.CC.CC.[Ir+3].[Ir+3].[Ir+3].[c-]1ccccc1-c1ccccn1.[c-]1ccccc1-c1ccccn1.[c-]1ccccc1-c1ccccn1.[c-]1ccccc1-c1ccncn1.[c-]1ccccc1-c1ccncn1.[c-]1ccccc1-c1ccncn1.[c-]1cccnc1-c1ccccn1.[c-]1cccnc1-c1ccccn1.[c-]1cccnc1-c1ccccn1. The molecule has 18 heteroatoms. The fourth-order valence-electron chi connectivity index (χ4n) is 9.14. The van der Waals surface area contributed by atoms with E-state index in [2.05, 4.69) is 129 Å². The van der Waals surface area contributed by atoms with Crippen molar-refractivity contribution in [1.29, 1.82) is 0 Å². The summed E-state index contributed by atoms with van der Waals surface area (Å²) < 4.78 is 0. The van der Waals surface area contributed by atoms with Crippen LogP contribution in [-0.4, -0.2) is 74.8 Å². The predicted octanol–water partition coefficient (Wildman–Crippen LogP) is 37.8. The Morgan fingerprint density at radius 3 is 0.388 bits per heavy atom. The summed E-state index contributed by atoms with van der Waals surface area (Å²) in [5, 5.41) is 0. The maximum absolute atomic E-state index is 4.22. The van der Waals surface area contributed by atoms with Gasteiger partial charge in [-0.1, -0.05) is 340 Å². The van der Waals surface area contributed by atoms with Crippen LogP contribution in [-0.2, 0) is 60.3 Å². The zero-order chi connectivity index (χ0) is 110. The van der Waals surface area contributed by atoms with Crippen molar-refractivity contribution >= 4 is 0 Å². The van der Waals surface area contributed by atoms with Crippen LogP contribution in [0.1, 0.15) is 249 Å². The molecule has 6 aromatic carbocycles. The van der Waals surface area contributed by atoms with E-state index in [0.717, 1.165) is 102 Å². The second-order valence-corrected chi connectivity index (χ2v) is 21.6. The van der Waals surface area contributed by atoms with Crippen LogP contribution in [0.5, 0.6) is 0 Å². The van der Waals surface area contributed by atoms with Crippen LogP contribution < -0.4 is 0 Å². The van der Waals surface area contributed by atoms with Crippen molar-refractivity contribution < 1.29 is 60.3 Å². The molecule has 12 aromatic heterocycles. The minimum absolute atomic E-state index is 0. The van der Waals surface area contributed by atoms with Gasteiger partial charge in [0.1, 0.15) is 19.0 Å². The van der Waals surface area contributed by atoms with Crippen molar-refractivity contribution in [1.82, 2.24) is 74.8 Å². The molecule has 18 aromatic rings. The molecule has 0 aliphatic rings. The summed E-state index contributed by atoms with van der Waals surface area (Å²) >= 11 is 0. The van der Waals surface area contributed by atoms with Gasteiger partial charge >= 0.3 is 60.3 Å². The first-order chi connectivity index (χ1) is 71.7. The zero-order valence-corrected chi connectivity index (χ0v) is 102. The molecule has 147 heavy (non-hydrogen) atoms. The third-order valence-corrected chi connectivity index (χ3v) is 14.2. The first-order valence-corrected chi connectivity index (χ1v) is 51.8. The number of benzene rings is 6. The molecule has 0 spiro atoms. The van der Waals surface area contributed by atoms with Crippen molar-refractivity contribution in [2.45, 2.75) is 249 Å². The molecule has 0 atom stereocenters. The van der Waals surface area contributed by atoms with E-state index in [-0.39, 0.29) is 60.3 Å². The van der Waals surface area contributed by atoms with Crippen LogP contribution in [0.2, 0.25) is 0 Å². The Morgan fingerprint density at radius 2 is 0.265 bits per heavy atom. The molecule has 0 saturated carbocycles. The Labute approximate surface area is 935 Å². The molecular weight excluding hydrogens is 2340 g/mol. The fraction of sp³-hybridized carbons (Fsp3) is 0.279. The monoisotopic (exact) mass is 2510 g/mol. The van der Waals surface area contributed by atoms with E-state index < -0.39 is 0 Å². The number of aromatic nitrogens is 15. The molecule has 15 nitrogen and oxygen atoms in total. The second kappa shape index (κ2) is 135. The fourth-order valence-corrected chi connectivity index (χ4v) is 9.14. The minimum Gasteiger partial charge on any atom is -0.318 e. The molecular formula is C129H174Ir3N15. The summed E-state index contributed by atoms with van der Waals surface area (Å²) in [7, 11) is 0. The predicted molar refractivity (Wildman–Crippen MR) is 628 cm³/mol. The number of hydrogen-bond donors (Lipinski definition) is 0. The van der Waals surface area contributed by atoms with Crippen molar-refractivity contribution in [2.24, 2.45) is 0 Å². The molecule has 0 aliphatic carbocycles. The Bertz CT molecular complexity index is 3840. The second-order valence-electron chi connectivity index (χ2n) is 21.6. The Morgan fingerprint density at radius 1 is 0.122 bits per heavy atom. The molecule has 0 aliphatic heterocycles. The third-order valence-electron chi connectivity index (χ3n) is 14.2. The molecule has 0 amide bonds. The van der Waals surface area contributed by atoms with E-state index in [0.29, 0.717) is 0 Å². The summed E-state index contributed by atoms with van der Waals surface area (Å²) in [4.78, 5) is 61.4. The van der Waals surface area contributed by atoms with E-state index in [1.165, 1.54) is 19.0 Å². The van der Waals surface area contributed by atoms with E-state index in [4.69, 9.17) is 0 Å². The summed E-state index contributed by atoms with van der Waals surface area (Å²) in [5.74, 6) is 0. The third kappa shape index (κ3) is 81.7. The van der Waals surface area contributed by atoms with Crippen LogP contribution in [0.25, 0.3) is 102 Å². The van der Waals surface area contributed by atoms with Gasteiger partial charge in [0.25, 0.3) is 0 Å². The smallest absolute Gasteiger partial charge is 0.318 e. The van der Waals surface area contributed by atoms with Gasteiger partial charge in [-0.25, -0.2) is 15.0 Å². The zero-order valence-electron chi connectivity index (χ0n) is 95.3. The average molecular weight is 2510 g/mol. The van der Waals surface area contributed by atoms with E-state index in [9.17, 15) is 0 Å². The maximum atomic E-state index is 4.22. The number of nitrogens with zero attached hydrogens (tertiary/aromatic N) is 15. The largest absolute Gasteiger partial charge is 3.00 e. The topological polar surface area (TPSA) is 193 Å². The summed E-state index contributed by atoms with van der Waals surface area (Å²) in [6.45, 7) is 72.0. The van der Waals surface area contributed by atoms with E-state index >= 15 is 0 Å². The van der Waals surface area contributed by atoms with Gasteiger partial charge in [0.15, 0.2) is 0 Å². The van der Waals surface area contributed by atoms with Gasteiger partial charge in [-0.15, -0.1) is 234 Å². The van der Waals surface area contributed by atoms with Crippen LogP contribution in [0.15, 0.2) is 403 Å². The van der Waals surface area contributed by atoms with Gasteiger partial charge in [-0.2, -0.15) is 36.4 Å². The molecule has 12 heterocycles. The molecule has 0 N–H and O–H groups in total. The van der Waals surface area contributed by atoms with Crippen LogP contribution in [0, 0.1) is 54.6 Å². The average Bonchev–Trinajstić information content (AvgIpc) is 0.941. The van der Waals surface area contributed by atoms with Gasteiger partial charge in [0.05, 0.1) is 0 Å². The molecule has 0 unspecified atom stereocenters. The van der Waals surface area contributed by atoms with E-state index in [1.807, 2.05) is 559 Å². The summed E-state index contributed by atoms with van der Waals surface area (Å²) in [6, 6.07) is 126. The molecule has 0 fully saturated rings. The standard InChI is InChI=1S/3C11H8N.6C10H7N2.18C2H6.3Ir/c3*1-2-6-10(7-3-1)11-8-4-5-9-12-11;3*1-3-7-11-9(5-1)10-6-2-4-8-12-10;3*1-2-4-9(5-3-1)10-6-7-11-8-12-10;18*1-2;;;/h3*1-6,8-9H;3*1-5,7-8H;3*1-4,6-8H;18*1-2H3;;;/q9*-1;;;;;;;;;;;;;;;;;;;3*+3. The van der Waals surface area contributed by atoms with Gasteiger partial charge in [-0.05, 0) is 123 Å². The Kier molecular flexibility index (Phi) is 146. The van der Waals surface area contributed by atoms with Crippen LogP contribution in [0.4, 0.5) is 0 Å². The number of rotatable bonds is 9. The van der Waals surface area contributed by atoms with Crippen molar-refractivity contribution in [3.8, 4) is 102 Å². The van der Waals surface area contributed by atoms with Crippen molar-refractivity contribution in [2.75, 3.05) is 0 Å². The Hall–Kier alpha value is -13.1. The van der Waals surface area contributed by atoms with Gasteiger partial charge < -0.3 is 29.9 Å².